The Morgan fingerprint density at radius 3 is 2.79 bits per heavy atom. The second kappa shape index (κ2) is 6.67. The first-order valence-electron chi connectivity index (χ1n) is 7.00. The van der Waals surface area contributed by atoms with E-state index in [0.29, 0.717) is 18.1 Å². The van der Waals surface area contributed by atoms with Crippen molar-refractivity contribution in [2.75, 3.05) is 0 Å². The highest BCUT2D eigenvalue weighted by Gasteiger charge is 2.30. The molecule has 1 fully saturated rings. The minimum atomic E-state index is 0.127. The van der Waals surface area contributed by atoms with Crippen LogP contribution in [-0.4, -0.2) is 12.4 Å². The third-order valence-electron chi connectivity index (χ3n) is 3.99. The van der Waals surface area contributed by atoms with Crippen molar-refractivity contribution in [1.82, 2.24) is 0 Å². The topological polar surface area (TPSA) is 26.3 Å². The summed E-state index contributed by atoms with van der Waals surface area (Å²) < 4.78 is 6.06. The number of aldehydes is 1. The number of carbonyl (C=O) groups is 1. The molecule has 19 heavy (non-hydrogen) atoms. The molecule has 1 aromatic rings. The van der Waals surface area contributed by atoms with Crippen molar-refractivity contribution in [2.24, 2.45) is 11.8 Å². The zero-order valence-corrected chi connectivity index (χ0v) is 11.5. The van der Waals surface area contributed by atoms with Crippen molar-refractivity contribution < 1.29 is 9.53 Å². The number of ether oxygens (including phenoxy) is 1. The van der Waals surface area contributed by atoms with Gasteiger partial charge in [0.2, 0.25) is 0 Å². The lowest BCUT2D eigenvalue weighted by atomic mass is 9.77. The average molecular weight is 258 g/mol. The molecule has 0 unspecified atom stereocenters. The van der Waals surface area contributed by atoms with Crippen LogP contribution in [0, 0.1) is 11.8 Å². The standard InChI is InChI=1S/C17H22O2/c1-13-8-9-16(14(2)11-18)17(10-13)19-12-15-6-4-3-5-7-15/h3-7,11,13,16-17H,2,8-10,12H2,1H3/t13-,16+,17-/m1/s1. The van der Waals surface area contributed by atoms with Crippen molar-refractivity contribution in [3.63, 3.8) is 0 Å². The Balaban J connectivity index is 1.98. The van der Waals surface area contributed by atoms with Gasteiger partial charge in [-0.1, -0.05) is 43.8 Å². The third kappa shape index (κ3) is 3.77. The maximum Gasteiger partial charge on any atom is 0.145 e. The van der Waals surface area contributed by atoms with E-state index in [1.165, 1.54) is 5.56 Å². The van der Waals surface area contributed by atoms with Crippen molar-refractivity contribution in [2.45, 2.75) is 38.9 Å². The molecule has 0 spiro atoms. The van der Waals surface area contributed by atoms with Crippen LogP contribution in [0.4, 0.5) is 0 Å². The van der Waals surface area contributed by atoms with Crippen LogP contribution in [0.25, 0.3) is 0 Å². The van der Waals surface area contributed by atoms with E-state index in [1.807, 2.05) is 18.2 Å². The quantitative estimate of drug-likeness (QED) is 0.593. The molecule has 2 rings (SSSR count). The molecule has 0 radical (unpaired) electrons. The Labute approximate surface area is 115 Å². The number of hydrogen-bond acceptors (Lipinski definition) is 2. The van der Waals surface area contributed by atoms with Gasteiger partial charge in [-0.3, -0.25) is 4.79 Å². The molecule has 0 aliphatic heterocycles. The normalized spacial score (nSPS) is 26.9. The first-order chi connectivity index (χ1) is 9.20. The molecule has 102 valence electrons. The molecule has 1 saturated carbocycles. The molecule has 0 aromatic heterocycles. The molecule has 3 atom stereocenters. The van der Waals surface area contributed by atoms with E-state index >= 15 is 0 Å². The van der Waals surface area contributed by atoms with Crippen molar-refractivity contribution in [3.8, 4) is 0 Å². The zero-order valence-electron chi connectivity index (χ0n) is 11.5. The summed E-state index contributed by atoms with van der Waals surface area (Å²) in [7, 11) is 0. The fourth-order valence-electron chi connectivity index (χ4n) is 2.80. The Morgan fingerprint density at radius 2 is 2.11 bits per heavy atom. The number of rotatable bonds is 5. The van der Waals surface area contributed by atoms with E-state index in [1.54, 1.807) is 0 Å². The number of benzene rings is 1. The van der Waals surface area contributed by atoms with Gasteiger partial charge in [0.1, 0.15) is 6.29 Å². The SMILES string of the molecule is C=C(C=O)[C@@H]1CC[C@@H](C)C[C@H]1OCc1ccccc1. The summed E-state index contributed by atoms with van der Waals surface area (Å²) in [6, 6.07) is 10.2. The van der Waals surface area contributed by atoms with Gasteiger partial charge >= 0.3 is 0 Å². The Hall–Kier alpha value is -1.41. The van der Waals surface area contributed by atoms with Gasteiger partial charge < -0.3 is 4.74 Å². The molecule has 2 heteroatoms. The molecule has 0 amide bonds. The average Bonchev–Trinajstić information content (AvgIpc) is 2.45. The highest BCUT2D eigenvalue weighted by molar-refractivity contribution is 5.73. The van der Waals surface area contributed by atoms with Crippen LogP contribution in [-0.2, 0) is 16.1 Å². The van der Waals surface area contributed by atoms with E-state index < -0.39 is 0 Å². The van der Waals surface area contributed by atoms with Crippen LogP contribution in [0.1, 0.15) is 31.7 Å². The molecular weight excluding hydrogens is 236 g/mol. The molecule has 0 N–H and O–H groups in total. The zero-order chi connectivity index (χ0) is 13.7. The second-order valence-corrected chi connectivity index (χ2v) is 5.55. The van der Waals surface area contributed by atoms with E-state index in [9.17, 15) is 4.79 Å². The minimum Gasteiger partial charge on any atom is -0.373 e. The van der Waals surface area contributed by atoms with Crippen molar-refractivity contribution in [3.05, 3.63) is 48.0 Å². The summed E-state index contributed by atoms with van der Waals surface area (Å²) >= 11 is 0. The van der Waals surface area contributed by atoms with E-state index in [2.05, 4.69) is 25.6 Å². The van der Waals surface area contributed by atoms with E-state index in [-0.39, 0.29) is 12.0 Å². The van der Waals surface area contributed by atoms with Gasteiger partial charge in [-0.15, -0.1) is 0 Å². The van der Waals surface area contributed by atoms with Crippen LogP contribution < -0.4 is 0 Å². The summed E-state index contributed by atoms with van der Waals surface area (Å²) in [5.41, 5.74) is 1.86. The molecule has 0 heterocycles. The highest BCUT2D eigenvalue weighted by atomic mass is 16.5. The number of hydrogen-bond donors (Lipinski definition) is 0. The molecular formula is C17H22O2. The Kier molecular flexibility index (Phi) is 4.92. The van der Waals surface area contributed by atoms with Crippen LogP contribution >= 0.6 is 0 Å². The summed E-state index contributed by atoms with van der Waals surface area (Å²) in [6.07, 6.45) is 4.20. The second-order valence-electron chi connectivity index (χ2n) is 5.55. The maximum atomic E-state index is 11.0. The lowest BCUT2D eigenvalue weighted by Crippen LogP contribution is -2.32. The van der Waals surface area contributed by atoms with Gasteiger partial charge in [0.25, 0.3) is 0 Å². The summed E-state index contributed by atoms with van der Waals surface area (Å²) in [4.78, 5) is 11.0. The predicted molar refractivity (Wildman–Crippen MR) is 76.7 cm³/mol. The fraction of sp³-hybridized carbons (Fsp3) is 0.471. The van der Waals surface area contributed by atoms with Gasteiger partial charge in [0.15, 0.2) is 0 Å². The van der Waals surface area contributed by atoms with Gasteiger partial charge in [-0.05, 0) is 36.3 Å². The molecule has 1 aliphatic carbocycles. The Bertz CT molecular complexity index is 424. The fourth-order valence-corrected chi connectivity index (χ4v) is 2.80. The van der Waals surface area contributed by atoms with Gasteiger partial charge in [0, 0.05) is 5.92 Å². The van der Waals surface area contributed by atoms with Gasteiger partial charge in [-0.25, -0.2) is 0 Å². The van der Waals surface area contributed by atoms with Crippen LogP contribution in [0.3, 0.4) is 0 Å². The smallest absolute Gasteiger partial charge is 0.145 e. The highest BCUT2D eigenvalue weighted by Crippen LogP contribution is 2.34. The summed E-state index contributed by atoms with van der Waals surface area (Å²) in [5.74, 6) is 0.855. The van der Waals surface area contributed by atoms with Crippen LogP contribution in [0.15, 0.2) is 42.5 Å². The van der Waals surface area contributed by atoms with Crippen LogP contribution in [0.5, 0.6) is 0 Å². The molecule has 2 nitrogen and oxygen atoms in total. The lowest BCUT2D eigenvalue weighted by molar-refractivity contribution is -0.106. The van der Waals surface area contributed by atoms with Crippen molar-refractivity contribution >= 4 is 6.29 Å². The largest absolute Gasteiger partial charge is 0.373 e. The van der Waals surface area contributed by atoms with E-state index in [0.717, 1.165) is 25.5 Å². The molecule has 1 aliphatic rings. The monoisotopic (exact) mass is 258 g/mol. The van der Waals surface area contributed by atoms with Crippen molar-refractivity contribution in [1.29, 1.82) is 0 Å². The minimum absolute atomic E-state index is 0.127. The number of carbonyl (C=O) groups excluding carboxylic acids is 1. The van der Waals surface area contributed by atoms with Crippen LogP contribution in [0.2, 0.25) is 0 Å². The summed E-state index contributed by atoms with van der Waals surface area (Å²) in [6.45, 7) is 6.74. The Morgan fingerprint density at radius 1 is 1.37 bits per heavy atom. The molecule has 0 bridgehead atoms. The predicted octanol–water partition coefficient (Wildman–Crippen LogP) is 3.76. The van der Waals surface area contributed by atoms with E-state index in [4.69, 9.17) is 4.74 Å². The molecule has 0 saturated heterocycles. The maximum absolute atomic E-state index is 11.0. The summed E-state index contributed by atoms with van der Waals surface area (Å²) in [5, 5.41) is 0. The first-order valence-corrected chi connectivity index (χ1v) is 7.00. The third-order valence-corrected chi connectivity index (χ3v) is 3.99. The first kappa shape index (κ1) is 14.0. The van der Waals surface area contributed by atoms with Gasteiger partial charge in [-0.2, -0.15) is 0 Å². The molecule has 1 aromatic carbocycles. The van der Waals surface area contributed by atoms with Gasteiger partial charge in [0.05, 0.1) is 12.7 Å². The lowest BCUT2D eigenvalue weighted by Gasteiger charge is -2.34.